The molecule has 2 bridgehead atoms. The van der Waals surface area contributed by atoms with Gasteiger partial charge in [0.05, 0.1) is 11.8 Å². The molecule has 2 N–H and O–H groups in total. The van der Waals surface area contributed by atoms with E-state index in [1.54, 1.807) is 12.1 Å². The van der Waals surface area contributed by atoms with Gasteiger partial charge in [-0.25, -0.2) is 0 Å². The van der Waals surface area contributed by atoms with Crippen molar-refractivity contribution in [3.05, 3.63) is 46.0 Å². The monoisotopic (exact) mass is 347 g/mol. The molecular formula is C19H22ClNO3. The fourth-order valence-corrected chi connectivity index (χ4v) is 4.64. The molecule has 0 heterocycles. The second kappa shape index (κ2) is 6.60. The molecule has 24 heavy (non-hydrogen) atoms. The van der Waals surface area contributed by atoms with Gasteiger partial charge in [-0.05, 0) is 56.2 Å². The number of allylic oxidation sites excluding steroid dienone is 2. The number of aliphatic carboxylic acids is 1. The predicted molar refractivity (Wildman–Crippen MR) is 92.5 cm³/mol. The van der Waals surface area contributed by atoms with Crippen molar-refractivity contribution in [2.24, 2.45) is 23.7 Å². The lowest BCUT2D eigenvalue weighted by Crippen LogP contribution is -2.41. The highest BCUT2D eigenvalue weighted by Gasteiger charge is 2.57. The molecule has 0 radical (unpaired) electrons. The summed E-state index contributed by atoms with van der Waals surface area (Å²) in [6.07, 6.45) is 1.79. The van der Waals surface area contributed by atoms with Crippen molar-refractivity contribution in [3.63, 3.8) is 0 Å². The number of carbonyl (C=O) groups is 2. The molecule has 2 fully saturated rings. The van der Waals surface area contributed by atoms with E-state index in [1.807, 2.05) is 26.0 Å². The van der Waals surface area contributed by atoms with E-state index >= 15 is 0 Å². The summed E-state index contributed by atoms with van der Waals surface area (Å²) in [7, 11) is 0. The Morgan fingerprint density at radius 2 is 1.71 bits per heavy atom. The molecule has 0 spiro atoms. The molecule has 2 aliphatic rings. The van der Waals surface area contributed by atoms with Crippen molar-refractivity contribution in [2.45, 2.75) is 33.2 Å². The molecule has 1 amide bonds. The van der Waals surface area contributed by atoms with Crippen molar-refractivity contribution in [1.82, 2.24) is 5.32 Å². The Bertz CT molecular complexity index is 691. The van der Waals surface area contributed by atoms with Crippen LogP contribution >= 0.6 is 11.6 Å². The van der Waals surface area contributed by atoms with Crippen molar-refractivity contribution in [2.75, 3.05) is 0 Å². The first-order valence-corrected chi connectivity index (χ1v) is 8.70. The third kappa shape index (κ3) is 2.95. The van der Waals surface area contributed by atoms with Crippen molar-refractivity contribution >= 4 is 23.5 Å². The fourth-order valence-electron chi connectivity index (χ4n) is 4.51. The number of benzene rings is 1. The molecule has 2 aliphatic carbocycles. The minimum Gasteiger partial charge on any atom is -0.481 e. The second-order valence-corrected chi connectivity index (χ2v) is 7.42. The van der Waals surface area contributed by atoms with Gasteiger partial charge in [0, 0.05) is 11.6 Å². The zero-order chi connectivity index (χ0) is 17.4. The Morgan fingerprint density at radius 3 is 2.25 bits per heavy atom. The summed E-state index contributed by atoms with van der Waals surface area (Å²) in [6, 6.07) is 7.28. The molecule has 1 aromatic rings. The van der Waals surface area contributed by atoms with Gasteiger partial charge in [-0.3, -0.25) is 9.59 Å². The fraction of sp³-hybridized carbons (Fsp3) is 0.474. The SMILES string of the molecule is CC(C)=C1[C@H]2CC[C@@H]1C(C(=O)O)[C@@H]2C(=O)NCc1ccc(Cl)cc1. The van der Waals surface area contributed by atoms with Crippen molar-refractivity contribution in [3.8, 4) is 0 Å². The van der Waals surface area contributed by atoms with Crippen LogP contribution in [-0.2, 0) is 16.1 Å². The van der Waals surface area contributed by atoms with E-state index in [4.69, 9.17) is 11.6 Å². The smallest absolute Gasteiger partial charge is 0.307 e. The number of nitrogens with one attached hydrogen (secondary N) is 1. The maximum Gasteiger partial charge on any atom is 0.307 e. The van der Waals surface area contributed by atoms with E-state index in [0.29, 0.717) is 11.6 Å². The Hall–Kier alpha value is -1.81. The number of carboxylic acid groups (broad SMARTS) is 1. The van der Waals surface area contributed by atoms with Gasteiger partial charge in [-0.2, -0.15) is 0 Å². The highest BCUT2D eigenvalue weighted by Crippen LogP contribution is 2.57. The molecule has 1 aromatic carbocycles. The summed E-state index contributed by atoms with van der Waals surface area (Å²) in [5.41, 5.74) is 3.32. The minimum absolute atomic E-state index is 0.0174. The topological polar surface area (TPSA) is 66.4 Å². The van der Waals surface area contributed by atoms with Crippen LogP contribution in [0.3, 0.4) is 0 Å². The first kappa shape index (κ1) is 17.0. The minimum atomic E-state index is -0.854. The lowest BCUT2D eigenvalue weighted by Gasteiger charge is -2.26. The highest BCUT2D eigenvalue weighted by molar-refractivity contribution is 6.30. The van der Waals surface area contributed by atoms with Gasteiger partial charge < -0.3 is 10.4 Å². The molecular weight excluding hydrogens is 326 g/mol. The average Bonchev–Trinajstić information content (AvgIpc) is 3.10. The van der Waals surface area contributed by atoms with Crippen molar-refractivity contribution in [1.29, 1.82) is 0 Å². The van der Waals surface area contributed by atoms with E-state index in [1.165, 1.54) is 11.1 Å². The number of hydrogen-bond acceptors (Lipinski definition) is 2. The Balaban J connectivity index is 1.77. The zero-order valence-electron chi connectivity index (χ0n) is 13.9. The van der Waals surface area contributed by atoms with Crippen LogP contribution in [0.5, 0.6) is 0 Å². The number of halogens is 1. The van der Waals surface area contributed by atoms with Gasteiger partial charge in [0.1, 0.15) is 0 Å². The first-order chi connectivity index (χ1) is 11.4. The molecule has 0 saturated heterocycles. The highest BCUT2D eigenvalue weighted by atomic mass is 35.5. The molecule has 128 valence electrons. The predicted octanol–water partition coefficient (Wildman–Crippen LogP) is 3.65. The average molecular weight is 348 g/mol. The Kier molecular flexibility index (Phi) is 4.68. The zero-order valence-corrected chi connectivity index (χ0v) is 14.6. The lowest BCUT2D eigenvalue weighted by molar-refractivity contribution is -0.149. The van der Waals surface area contributed by atoms with Crippen LogP contribution in [0, 0.1) is 23.7 Å². The summed E-state index contributed by atoms with van der Waals surface area (Å²) < 4.78 is 0. The maximum absolute atomic E-state index is 12.7. The van der Waals surface area contributed by atoms with Gasteiger partial charge in [-0.1, -0.05) is 34.9 Å². The number of carboxylic acids is 1. The third-order valence-corrected chi connectivity index (χ3v) is 5.64. The molecule has 3 rings (SSSR count). The second-order valence-electron chi connectivity index (χ2n) is 6.98. The van der Waals surface area contributed by atoms with E-state index in [0.717, 1.165) is 18.4 Å². The summed E-state index contributed by atoms with van der Waals surface area (Å²) in [6.45, 7) is 4.43. The number of fused-ring (bicyclic) bond motifs is 2. The van der Waals surface area contributed by atoms with E-state index < -0.39 is 17.8 Å². The Morgan fingerprint density at radius 1 is 1.12 bits per heavy atom. The Labute approximate surface area is 146 Å². The lowest BCUT2D eigenvalue weighted by atomic mass is 9.78. The van der Waals surface area contributed by atoms with E-state index in [2.05, 4.69) is 5.32 Å². The summed E-state index contributed by atoms with van der Waals surface area (Å²) in [5, 5.41) is 13.2. The van der Waals surface area contributed by atoms with Crippen LogP contribution in [0.2, 0.25) is 5.02 Å². The molecule has 4 atom stereocenters. The quantitative estimate of drug-likeness (QED) is 0.817. The standard InChI is InChI=1S/C19H22ClNO3/c1-10(2)15-13-7-8-14(15)17(19(23)24)16(13)18(22)21-9-11-3-5-12(20)6-4-11/h3-6,13-14,16-17H,7-9H2,1-2H3,(H,21,22)(H,23,24)/t13-,14+,16-,17?/m1/s1. The van der Waals surface area contributed by atoms with Gasteiger partial charge in [0.2, 0.25) is 5.91 Å². The van der Waals surface area contributed by atoms with Crippen molar-refractivity contribution < 1.29 is 14.7 Å². The normalized spacial score (nSPS) is 28.0. The maximum atomic E-state index is 12.7. The summed E-state index contributed by atoms with van der Waals surface area (Å²) in [4.78, 5) is 24.5. The van der Waals surface area contributed by atoms with Gasteiger partial charge in [-0.15, -0.1) is 0 Å². The van der Waals surface area contributed by atoms with E-state index in [-0.39, 0.29) is 17.7 Å². The number of hydrogen-bond donors (Lipinski definition) is 2. The number of carbonyl (C=O) groups excluding carboxylic acids is 1. The van der Waals surface area contributed by atoms with Crippen LogP contribution in [0.4, 0.5) is 0 Å². The van der Waals surface area contributed by atoms with Crippen LogP contribution < -0.4 is 5.32 Å². The van der Waals surface area contributed by atoms with Crippen LogP contribution in [-0.4, -0.2) is 17.0 Å². The number of amides is 1. The van der Waals surface area contributed by atoms with Crippen LogP contribution in [0.15, 0.2) is 35.4 Å². The molecule has 2 saturated carbocycles. The summed E-state index contributed by atoms with van der Waals surface area (Å²) >= 11 is 5.86. The first-order valence-electron chi connectivity index (χ1n) is 8.32. The van der Waals surface area contributed by atoms with Crippen LogP contribution in [0.1, 0.15) is 32.3 Å². The van der Waals surface area contributed by atoms with Gasteiger partial charge in [0.15, 0.2) is 0 Å². The molecule has 0 aliphatic heterocycles. The van der Waals surface area contributed by atoms with Gasteiger partial charge in [0.25, 0.3) is 0 Å². The molecule has 5 heteroatoms. The van der Waals surface area contributed by atoms with Crippen LogP contribution in [0.25, 0.3) is 0 Å². The van der Waals surface area contributed by atoms with E-state index in [9.17, 15) is 14.7 Å². The molecule has 4 nitrogen and oxygen atoms in total. The van der Waals surface area contributed by atoms with Gasteiger partial charge >= 0.3 is 5.97 Å². The largest absolute Gasteiger partial charge is 0.481 e. The molecule has 0 aromatic heterocycles. The third-order valence-electron chi connectivity index (χ3n) is 5.39. The summed E-state index contributed by atoms with van der Waals surface area (Å²) in [5.74, 6) is -1.97. The molecule has 1 unspecified atom stereocenters. The number of rotatable bonds is 4.